The molecule has 0 aliphatic rings. The first-order valence-corrected chi connectivity index (χ1v) is 9.51. The van der Waals surface area contributed by atoms with Gasteiger partial charge in [0.25, 0.3) is 5.91 Å². The van der Waals surface area contributed by atoms with Crippen LogP contribution in [0, 0.1) is 0 Å². The molecule has 1 N–H and O–H groups in total. The van der Waals surface area contributed by atoms with E-state index in [-0.39, 0.29) is 12.5 Å². The van der Waals surface area contributed by atoms with Gasteiger partial charge in [0.2, 0.25) is 0 Å². The van der Waals surface area contributed by atoms with Crippen LogP contribution in [-0.2, 0) is 4.79 Å². The molecule has 2 aromatic rings. The smallest absolute Gasteiger partial charge is 0.262 e. The zero-order valence-corrected chi connectivity index (χ0v) is 16.2. The first kappa shape index (κ1) is 20.6. The third-order valence-electron chi connectivity index (χ3n) is 4.07. The molecule has 2 rings (SSSR count). The average molecular weight is 371 g/mol. The molecule has 0 heterocycles. The number of nitrogens with one attached hydrogen (secondary N) is 1. The van der Waals surface area contributed by atoms with Crippen molar-refractivity contribution < 1.29 is 19.0 Å². The lowest BCUT2D eigenvalue weighted by molar-refractivity contribution is -0.118. The molecule has 0 radical (unpaired) electrons. The number of rotatable bonds is 12. The third kappa shape index (κ3) is 7.60. The molecule has 0 bridgehead atoms. The van der Waals surface area contributed by atoms with E-state index in [0.29, 0.717) is 23.8 Å². The molecule has 0 aliphatic heterocycles. The summed E-state index contributed by atoms with van der Waals surface area (Å²) in [5, 5.41) is 2.78. The topological polar surface area (TPSA) is 56.8 Å². The Labute approximate surface area is 161 Å². The Morgan fingerprint density at radius 1 is 0.926 bits per heavy atom. The van der Waals surface area contributed by atoms with E-state index in [1.165, 1.54) is 25.7 Å². The fourth-order valence-corrected chi connectivity index (χ4v) is 2.63. The van der Waals surface area contributed by atoms with E-state index < -0.39 is 0 Å². The number of benzene rings is 2. The fourth-order valence-electron chi connectivity index (χ4n) is 2.63. The number of carbonyl (C=O) groups is 1. The second-order valence-electron chi connectivity index (χ2n) is 6.27. The molecular formula is C22H29NO4. The molecule has 1 amide bonds. The van der Waals surface area contributed by atoms with Gasteiger partial charge in [0.1, 0.15) is 17.2 Å². The van der Waals surface area contributed by atoms with Crippen molar-refractivity contribution in [3.8, 4) is 17.2 Å². The fraction of sp³-hybridized carbons (Fsp3) is 0.409. The Morgan fingerprint density at radius 3 is 2.44 bits per heavy atom. The highest BCUT2D eigenvalue weighted by Gasteiger charge is 2.08. The van der Waals surface area contributed by atoms with Crippen molar-refractivity contribution in [2.24, 2.45) is 0 Å². The first-order valence-electron chi connectivity index (χ1n) is 9.51. The minimum absolute atomic E-state index is 0.0848. The van der Waals surface area contributed by atoms with E-state index in [1.54, 1.807) is 19.2 Å². The molecule has 0 spiro atoms. The number of hydrogen-bond acceptors (Lipinski definition) is 4. The zero-order chi connectivity index (χ0) is 19.3. The Balaban J connectivity index is 1.76. The lowest BCUT2D eigenvalue weighted by Gasteiger charge is -2.11. The number of ether oxygens (including phenoxy) is 3. The number of carbonyl (C=O) groups excluding carboxylic acids is 1. The van der Waals surface area contributed by atoms with E-state index in [4.69, 9.17) is 14.2 Å². The molecule has 0 saturated carbocycles. The molecule has 0 unspecified atom stereocenters. The highest BCUT2D eigenvalue weighted by molar-refractivity contribution is 5.93. The highest BCUT2D eigenvalue weighted by Crippen LogP contribution is 2.23. The van der Waals surface area contributed by atoms with Crippen LogP contribution in [0.4, 0.5) is 5.69 Å². The molecule has 0 atom stereocenters. The van der Waals surface area contributed by atoms with Gasteiger partial charge in [0.15, 0.2) is 6.61 Å². The Morgan fingerprint density at radius 2 is 1.67 bits per heavy atom. The van der Waals surface area contributed by atoms with Crippen molar-refractivity contribution in [1.29, 1.82) is 0 Å². The number of unbranched alkanes of at least 4 members (excludes halogenated alkanes) is 4. The number of hydrogen-bond donors (Lipinski definition) is 1. The molecule has 0 aliphatic carbocycles. The molecule has 5 heteroatoms. The number of methoxy groups -OCH3 is 1. The number of anilines is 1. The van der Waals surface area contributed by atoms with Gasteiger partial charge in [0.05, 0.1) is 19.4 Å². The van der Waals surface area contributed by atoms with Gasteiger partial charge in [0, 0.05) is 6.07 Å². The van der Waals surface area contributed by atoms with E-state index in [9.17, 15) is 4.79 Å². The third-order valence-corrected chi connectivity index (χ3v) is 4.07. The van der Waals surface area contributed by atoms with Crippen molar-refractivity contribution in [3.63, 3.8) is 0 Å². The second kappa shape index (κ2) is 11.8. The second-order valence-corrected chi connectivity index (χ2v) is 6.27. The monoisotopic (exact) mass is 371 g/mol. The Bertz CT molecular complexity index is 702. The van der Waals surface area contributed by atoms with Crippen LogP contribution in [0.25, 0.3) is 0 Å². The zero-order valence-electron chi connectivity index (χ0n) is 16.2. The van der Waals surface area contributed by atoms with E-state index in [2.05, 4.69) is 12.2 Å². The van der Waals surface area contributed by atoms with Crippen LogP contribution >= 0.6 is 0 Å². The molecule has 0 aromatic heterocycles. The van der Waals surface area contributed by atoms with Crippen LogP contribution in [0.2, 0.25) is 0 Å². The Hall–Kier alpha value is -2.69. The van der Waals surface area contributed by atoms with Crippen molar-refractivity contribution in [1.82, 2.24) is 0 Å². The summed E-state index contributed by atoms with van der Waals surface area (Å²) in [5.41, 5.74) is 0.619. The maximum absolute atomic E-state index is 12.1. The maximum atomic E-state index is 12.1. The summed E-state index contributed by atoms with van der Waals surface area (Å²) in [5.74, 6) is 1.73. The molecular weight excluding hydrogens is 342 g/mol. The van der Waals surface area contributed by atoms with Gasteiger partial charge in [-0.05, 0) is 30.7 Å². The molecule has 146 valence electrons. The van der Waals surface area contributed by atoms with Crippen LogP contribution in [0.3, 0.4) is 0 Å². The molecule has 0 fully saturated rings. The Kier molecular flexibility index (Phi) is 9.04. The maximum Gasteiger partial charge on any atom is 0.262 e. The van der Waals surface area contributed by atoms with Gasteiger partial charge in [-0.15, -0.1) is 0 Å². The highest BCUT2D eigenvalue weighted by atomic mass is 16.5. The number of amides is 1. The normalized spacial score (nSPS) is 10.3. The molecule has 0 saturated heterocycles. The van der Waals surface area contributed by atoms with E-state index >= 15 is 0 Å². The SMILES string of the molecule is CCCCCCCOc1cccc(OCC(=O)Nc2ccccc2OC)c1. The minimum Gasteiger partial charge on any atom is -0.495 e. The van der Waals surface area contributed by atoms with Crippen molar-refractivity contribution in [2.45, 2.75) is 39.0 Å². The summed E-state index contributed by atoms with van der Waals surface area (Å²) in [4.78, 5) is 12.1. The summed E-state index contributed by atoms with van der Waals surface area (Å²) in [6, 6.07) is 14.6. The number of para-hydroxylation sites is 2. The van der Waals surface area contributed by atoms with Gasteiger partial charge in [-0.1, -0.05) is 50.8 Å². The van der Waals surface area contributed by atoms with Gasteiger partial charge >= 0.3 is 0 Å². The largest absolute Gasteiger partial charge is 0.495 e. The predicted molar refractivity (Wildman–Crippen MR) is 108 cm³/mol. The van der Waals surface area contributed by atoms with Crippen molar-refractivity contribution >= 4 is 11.6 Å². The van der Waals surface area contributed by atoms with Crippen LogP contribution < -0.4 is 19.5 Å². The van der Waals surface area contributed by atoms with Crippen molar-refractivity contribution in [3.05, 3.63) is 48.5 Å². The summed E-state index contributed by atoms with van der Waals surface area (Å²) >= 11 is 0. The summed E-state index contributed by atoms with van der Waals surface area (Å²) in [6.45, 7) is 2.82. The van der Waals surface area contributed by atoms with Gasteiger partial charge in [-0.2, -0.15) is 0 Å². The van der Waals surface area contributed by atoms with Gasteiger partial charge < -0.3 is 19.5 Å². The van der Waals surface area contributed by atoms with Crippen LogP contribution in [0.5, 0.6) is 17.2 Å². The van der Waals surface area contributed by atoms with Crippen LogP contribution in [-0.4, -0.2) is 26.2 Å². The standard InChI is InChI=1S/C22H29NO4/c1-3-4-5-6-9-15-26-18-11-10-12-19(16-18)27-17-22(24)23-20-13-7-8-14-21(20)25-2/h7-8,10-14,16H,3-6,9,15,17H2,1-2H3,(H,23,24). The molecule has 5 nitrogen and oxygen atoms in total. The van der Waals surface area contributed by atoms with E-state index in [0.717, 1.165) is 12.2 Å². The average Bonchev–Trinajstić information content (AvgIpc) is 2.70. The van der Waals surface area contributed by atoms with Crippen molar-refractivity contribution in [2.75, 3.05) is 25.6 Å². The van der Waals surface area contributed by atoms with Gasteiger partial charge in [-0.3, -0.25) is 4.79 Å². The van der Waals surface area contributed by atoms with E-state index in [1.807, 2.05) is 36.4 Å². The summed E-state index contributed by atoms with van der Waals surface area (Å²) in [7, 11) is 1.57. The minimum atomic E-state index is -0.248. The molecule has 27 heavy (non-hydrogen) atoms. The summed E-state index contributed by atoms with van der Waals surface area (Å²) in [6.07, 6.45) is 6.01. The molecule has 2 aromatic carbocycles. The van der Waals surface area contributed by atoms with Crippen LogP contribution in [0.1, 0.15) is 39.0 Å². The summed E-state index contributed by atoms with van der Waals surface area (Å²) < 4.78 is 16.6. The first-order chi connectivity index (χ1) is 13.2. The lowest BCUT2D eigenvalue weighted by Crippen LogP contribution is -2.20. The van der Waals surface area contributed by atoms with Crippen LogP contribution in [0.15, 0.2) is 48.5 Å². The lowest BCUT2D eigenvalue weighted by atomic mass is 10.2. The predicted octanol–water partition coefficient (Wildman–Crippen LogP) is 5.06. The quantitative estimate of drug-likeness (QED) is 0.530. The van der Waals surface area contributed by atoms with Gasteiger partial charge in [-0.25, -0.2) is 0 Å².